The highest BCUT2D eigenvalue weighted by molar-refractivity contribution is 5.37. The van der Waals surface area contributed by atoms with Crippen molar-refractivity contribution in [3.05, 3.63) is 36.0 Å². The van der Waals surface area contributed by atoms with Gasteiger partial charge in [0.2, 0.25) is 0 Å². The van der Waals surface area contributed by atoms with Crippen molar-refractivity contribution in [1.82, 2.24) is 19.7 Å². The molecule has 0 aromatic carbocycles. The zero-order valence-corrected chi connectivity index (χ0v) is 10.9. The molecule has 2 heterocycles. The fraction of sp³-hybridized carbons (Fsp3) is 0.385. The molecule has 0 bridgehead atoms. The number of anilines is 1. The highest BCUT2D eigenvalue weighted by Gasteiger charge is 2.42. The second-order valence-corrected chi connectivity index (χ2v) is 4.94. The van der Waals surface area contributed by atoms with Crippen LogP contribution in [0.4, 0.5) is 5.82 Å². The Kier molecular flexibility index (Phi) is 3.08. The first-order valence-corrected chi connectivity index (χ1v) is 6.35. The van der Waals surface area contributed by atoms with Crippen LogP contribution in [0.1, 0.15) is 23.7 Å². The van der Waals surface area contributed by atoms with Gasteiger partial charge in [0.05, 0.1) is 36.8 Å². The average Bonchev–Trinajstić information content (AvgIpc) is 2.84. The Bertz CT molecular complexity index is 661. The van der Waals surface area contributed by atoms with Crippen LogP contribution in [0.25, 0.3) is 0 Å². The van der Waals surface area contributed by atoms with E-state index in [1.165, 1.54) is 6.20 Å². The van der Waals surface area contributed by atoms with E-state index in [1.54, 1.807) is 17.1 Å². The van der Waals surface area contributed by atoms with Gasteiger partial charge in [-0.3, -0.25) is 9.67 Å². The van der Waals surface area contributed by atoms with Gasteiger partial charge in [0.25, 0.3) is 0 Å². The summed E-state index contributed by atoms with van der Waals surface area (Å²) in [5, 5.41) is 26.2. The van der Waals surface area contributed by atoms with Crippen LogP contribution in [0, 0.1) is 18.3 Å². The summed E-state index contributed by atoms with van der Waals surface area (Å²) in [4.78, 5) is 8.08. The van der Waals surface area contributed by atoms with Gasteiger partial charge in [-0.1, -0.05) is 0 Å². The number of aryl methyl sites for hydroxylation is 1. The largest absolute Gasteiger partial charge is 0.391 e. The zero-order chi connectivity index (χ0) is 14.1. The number of aliphatic hydroxyl groups excluding tert-OH is 1. The third-order valence-electron chi connectivity index (χ3n) is 3.42. The quantitative estimate of drug-likeness (QED) is 0.849. The number of rotatable bonds is 3. The van der Waals surface area contributed by atoms with E-state index in [0.717, 1.165) is 5.56 Å². The summed E-state index contributed by atoms with van der Waals surface area (Å²) in [6, 6.07) is 1.84. The smallest absolute Gasteiger partial charge is 0.161 e. The second-order valence-electron chi connectivity index (χ2n) is 4.94. The van der Waals surface area contributed by atoms with Gasteiger partial charge in [0, 0.05) is 6.20 Å². The highest BCUT2D eigenvalue weighted by atomic mass is 16.3. The first-order chi connectivity index (χ1) is 9.67. The number of aromatic nitrogens is 4. The number of hydrogen-bond acceptors (Lipinski definition) is 6. The van der Waals surface area contributed by atoms with E-state index >= 15 is 0 Å². The van der Waals surface area contributed by atoms with E-state index in [4.69, 9.17) is 5.26 Å². The van der Waals surface area contributed by atoms with Crippen LogP contribution in [0.3, 0.4) is 0 Å². The van der Waals surface area contributed by atoms with Crippen LogP contribution in [0.5, 0.6) is 0 Å². The molecule has 0 aliphatic heterocycles. The Balaban J connectivity index is 1.76. The Morgan fingerprint density at radius 1 is 1.45 bits per heavy atom. The molecule has 102 valence electrons. The summed E-state index contributed by atoms with van der Waals surface area (Å²) >= 11 is 0. The van der Waals surface area contributed by atoms with Gasteiger partial charge in [0.15, 0.2) is 5.69 Å². The maximum absolute atomic E-state index is 9.93. The van der Waals surface area contributed by atoms with Gasteiger partial charge in [-0.15, -0.1) is 0 Å². The third-order valence-corrected chi connectivity index (χ3v) is 3.42. The number of nitriles is 1. The molecule has 1 fully saturated rings. The number of hydrogen-bond donors (Lipinski definition) is 2. The molecule has 0 spiro atoms. The van der Waals surface area contributed by atoms with Crippen LogP contribution in [-0.4, -0.2) is 37.0 Å². The van der Waals surface area contributed by atoms with E-state index in [9.17, 15) is 5.11 Å². The molecule has 1 aliphatic rings. The SMILES string of the molecule is Cc1cnn([C@H]2[C@H](O)C[C@@H]2Nc2cncc(C#N)n2)c1. The summed E-state index contributed by atoms with van der Waals surface area (Å²) in [6.07, 6.45) is 6.82. The van der Waals surface area contributed by atoms with Crippen LogP contribution in [0.2, 0.25) is 0 Å². The molecular formula is C13H14N6O. The maximum atomic E-state index is 9.93. The van der Waals surface area contributed by atoms with E-state index in [1.807, 2.05) is 19.2 Å². The Morgan fingerprint density at radius 2 is 2.30 bits per heavy atom. The normalized spacial score (nSPS) is 24.8. The lowest BCUT2D eigenvalue weighted by atomic mass is 9.83. The van der Waals surface area contributed by atoms with Gasteiger partial charge in [-0.2, -0.15) is 10.4 Å². The van der Waals surface area contributed by atoms with E-state index in [-0.39, 0.29) is 17.8 Å². The van der Waals surface area contributed by atoms with Crippen molar-refractivity contribution < 1.29 is 5.11 Å². The summed E-state index contributed by atoms with van der Waals surface area (Å²) < 4.78 is 1.77. The summed E-state index contributed by atoms with van der Waals surface area (Å²) in [6.45, 7) is 1.96. The highest BCUT2D eigenvalue weighted by Crippen LogP contribution is 2.34. The van der Waals surface area contributed by atoms with Crippen molar-refractivity contribution in [3.63, 3.8) is 0 Å². The van der Waals surface area contributed by atoms with Crippen LogP contribution in [0.15, 0.2) is 24.8 Å². The minimum absolute atomic E-state index is 0.0209. The zero-order valence-electron chi connectivity index (χ0n) is 10.9. The van der Waals surface area contributed by atoms with Crippen molar-refractivity contribution in [1.29, 1.82) is 5.26 Å². The van der Waals surface area contributed by atoms with E-state index in [0.29, 0.717) is 12.2 Å². The molecule has 1 saturated carbocycles. The van der Waals surface area contributed by atoms with E-state index < -0.39 is 6.10 Å². The number of aliphatic hydroxyl groups is 1. The molecule has 1 aliphatic carbocycles. The molecule has 2 aromatic rings. The molecule has 3 rings (SSSR count). The Labute approximate surface area is 115 Å². The predicted octanol–water partition coefficient (Wildman–Crippen LogP) is 0.640. The predicted molar refractivity (Wildman–Crippen MR) is 70.8 cm³/mol. The molecule has 3 atom stereocenters. The lowest BCUT2D eigenvalue weighted by molar-refractivity contribution is 0.0133. The third kappa shape index (κ3) is 2.21. The van der Waals surface area contributed by atoms with Crippen molar-refractivity contribution >= 4 is 5.82 Å². The van der Waals surface area contributed by atoms with Crippen molar-refractivity contribution in [2.24, 2.45) is 0 Å². The first-order valence-electron chi connectivity index (χ1n) is 6.35. The fourth-order valence-corrected chi connectivity index (χ4v) is 2.39. The molecule has 0 radical (unpaired) electrons. The molecule has 20 heavy (non-hydrogen) atoms. The monoisotopic (exact) mass is 270 g/mol. The topological polar surface area (TPSA) is 99.6 Å². The lowest BCUT2D eigenvalue weighted by Crippen LogP contribution is -2.51. The molecule has 7 nitrogen and oxygen atoms in total. The summed E-state index contributed by atoms with van der Waals surface area (Å²) in [5.74, 6) is 0.537. The summed E-state index contributed by atoms with van der Waals surface area (Å²) in [5.41, 5.74) is 1.32. The molecule has 2 N–H and O–H groups in total. The Morgan fingerprint density at radius 3 is 2.95 bits per heavy atom. The number of nitrogens with one attached hydrogen (secondary N) is 1. The van der Waals surface area contributed by atoms with Gasteiger partial charge in [-0.05, 0) is 18.9 Å². The van der Waals surface area contributed by atoms with Crippen molar-refractivity contribution in [2.45, 2.75) is 31.5 Å². The molecule has 0 unspecified atom stereocenters. The Hall–Kier alpha value is -2.46. The minimum atomic E-state index is -0.432. The fourth-order valence-electron chi connectivity index (χ4n) is 2.39. The summed E-state index contributed by atoms with van der Waals surface area (Å²) in [7, 11) is 0. The van der Waals surface area contributed by atoms with E-state index in [2.05, 4.69) is 20.4 Å². The van der Waals surface area contributed by atoms with Gasteiger partial charge >= 0.3 is 0 Å². The van der Waals surface area contributed by atoms with Crippen molar-refractivity contribution in [2.75, 3.05) is 5.32 Å². The molecule has 7 heteroatoms. The molecular weight excluding hydrogens is 256 g/mol. The van der Waals surface area contributed by atoms with Crippen LogP contribution < -0.4 is 5.32 Å². The minimum Gasteiger partial charge on any atom is -0.391 e. The van der Waals surface area contributed by atoms with Gasteiger partial charge < -0.3 is 10.4 Å². The van der Waals surface area contributed by atoms with Crippen LogP contribution >= 0.6 is 0 Å². The molecule has 2 aromatic heterocycles. The average molecular weight is 270 g/mol. The van der Waals surface area contributed by atoms with Gasteiger partial charge in [0.1, 0.15) is 11.9 Å². The second kappa shape index (κ2) is 4.90. The molecule has 0 amide bonds. The standard InChI is InChI=1S/C13H14N6O/c1-8-4-16-19(7-8)13-10(2-11(13)20)18-12-6-15-5-9(3-14)17-12/h4-7,10-11,13,20H,2H2,1H3,(H,17,18)/t10-,11+,13+/m0/s1. The number of nitrogens with zero attached hydrogens (tertiary/aromatic N) is 5. The lowest BCUT2D eigenvalue weighted by Gasteiger charge is -2.42. The van der Waals surface area contributed by atoms with Crippen LogP contribution in [-0.2, 0) is 0 Å². The van der Waals surface area contributed by atoms with Crippen molar-refractivity contribution in [3.8, 4) is 6.07 Å². The molecule has 0 saturated heterocycles. The first kappa shape index (κ1) is 12.6. The van der Waals surface area contributed by atoms with Gasteiger partial charge in [-0.25, -0.2) is 4.98 Å². The maximum Gasteiger partial charge on any atom is 0.161 e.